The van der Waals surface area contributed by atoms with Crippen LogP contribution in [-0.2, 0) is 9.47 Å². The van der Waals surface area contributed by atoms with Gasteiger partial charge in [-0.05, 0) is 44.2 Å². The predicted octanol–water partition coefficient (Wildman–Crippen LogP) is 2.51. The number of nitrogens with zero attached hydrogens (tertiary/aromatic N) is 8. The highest BCUT2D eigenvalue weighted by Gasteiger charge is 2.30. The molecule has 0 spiro atoms. The zero-order valence-corrected chi connectivity index (χ0v) is 23.7. The van der Waals surface area contributed by atoms with E-state index in [-0.39, 0.29) is 12.1 Å². The molecule has 1 aromatic carbocycles. The van der Waals surface area contributed by atoms with E-state index in [4.69, 9.17) is 24.5 Å². The number of carbonyl (C=O) groups is 2. The summed E-state index contributed by atoms with van der Waals surface area (Å²) in [6.07, 6.45) is 2.98. The van der Waals surface area contributed by atoms with Gasteiger partial charge in [-0.3, -0.25) is 5.32 Å². The third-order valence-electron chi connectivity index (χ3n) is 8.17. The van der Waals surface area contributed by atoms with Crippen molar-refractivity contribution in [1.29, 1.82) is 0 Å². The zero-order valence-electron chi connectivity index (χ0n) is 23.7. The number of carbonyl (C=O) groups excluding carboxylic acids is 2. The number of nitrogens with one attached hydrogen (secondary N) is 1. The van der Waals surface area contributed by atoms with Crippen LogP contribution in [0.2, 0.25) is 0 Å². The second-order valence-corrected chi connectivity index (χ2v) is 10.8. The Bertz CT molecular complexity index is 1370. The minimum Gasteiger partial charge on any atom is -0.453 e. The molecule has 218 valence electrons. The van der Waals surface area contributed by atoms with E-state index >= 15 is 0 Å². The van der Waals surface area contributed by atoms with Gasteiger partial charge in [0.15, 0.2) is 11.5 Å². The van der Waals surface area contributed by atoms with Gasteiger partial charge >= 0.3 is 12.1 Å². The molecular formula is C28H37N9O4. The van der Waals surface area contributed by atoms with Crippen LogP contribution in [0.3, 0.4) is 0 Å². The van der Waals surface area contributed by atoms with Crippen LogP contribution in [0.4, 0.5) is 21.1 Å². The summed E-state index contributed by atoms with van der Waals surface area (Å²) >= 11 is 0. The summed E-state index contributed by atoms with van der Waals surface area (Å²) in [5.74, 6) is 1.44. The maximum Gasteiger partial charge on any atom is 0.411 e. The van der Waals surface area contributed by atoms with Crippen LogP contribution >= 0.6 is 0 Å². The first-order valence-corrected chi connectivity index (χ1v) is 14.3. The van der Waals surface area contributed by atoms with E-state index in [0.717, 1.165) is 74.5 Å². The standard InChI is InChI=1S/C28H37N9O4/c1-33-11-13-36(14-12-33)28(39)35-9-7-22(8-10-35)37-26-23(19-29-37)25(34-15-17-41-18-16-34)31-24(32-26)20-3-5-21(6-4-20)30-27(38)40-2/h3-6,19,22H,7-18H2,1-2H3,(H,30,38). The maximum absolute atomic E-state index is 13.1. The van der Waals surface area contributed by atoms with Gasteiger partial charge in [0.05, 0.1) is 37.9 Å². The molecule has 3 aliphatic rings. The van der Waals surface area contributed by atoms with E-state index < -0.39 is 6.09 Å². The largest absolute Gasteiger partial charge is 0.453 e. The third kappa shape index (κ3) is 5.77. The zero-order chi connectivity index (χ0) is 28.3. The number of piperidine rings is 1. The number of hydrogen-bond donors (Lipinski definition) is 1. The van der Waals surface area contributed by atoms with Crippen molar-refractivity contribution in [3.05, 3.63) is 30.5 Å². The molecule has 0 aliphatic carbocycles. The Morgan fingerprint density at radius 3 is 2.29 bits per heavy atom. The fourth-order valence-electron chi connectivity index (χ4n) is 5.69. The normalized spacial score (nSPS) is 19.0. The highest BCUT2D eigenvalue weighted by molar-refractivity contribution is 5.89. The molecule has 5 heterocycles. The lowest BCUT2D eigenvalue weighted by Gasteiger charge is -2.39. The van der Waals surface area contributed by atoms with Gasteiger partial charge in [-0.25, -0.2) is 24.2 Å². The number of likely N-dealkylation sites (tertiary alicyclic amines) is 1. The highest BCUT2D eigenvalue weighted by Crippen LogP contribution is 2.32. The van der Waals surface area contributed by atoms with E-state index in [2.05, 4.69) is 22.2 Å². The van der Waals surface area contributed by atoms with Crippen molar-refractivity contribution < 1.29 is 19.1 Å². The molecule has 0 unspecified atom stereocenters. The first-order valence-electron chi connectivity index (χ1n) is 14.3. The SMILES string of the molecule is COC(=O)Nc1ccc(-c2nc(N3CCOCC3)c3cnn(C4CCN(C(=O)N5CCN(C)CC5)CC4)c3n2)cc1. The average Bonchev–Trinajstić information content (AvgIpc) is 3.45. The number of aromatic nitrogens is 4. The molecule has 0 radical (unpaired) electrons. The van der Waals surface area contributed by atoms with Gasteiger partial charge in [-0.1, -0.05) is 0 Å². The number of rotatable bonds is 4. The van der Waals surface area contributed by atoms with Crippen molar-refractivity contribution in [1.82, 2.24) is 34.4 Å². The predicted molar refractivity (Wildman–Crippen MR) is 154 cm³/mol. The van der Waals surface area contributed by atoms with Crippen LogP contribution in [-0.4, -0.2) is 126 Å². The number of anilines is 2. The van der Waals surface area contributed by atoms with E-state index in [0.29, 0.717) is 37.8 Å². The Labute approximate surface area is 239 Å². The van der Waals surface area contributed by atoms with Crippen molar-refractivity contribution in [2.75, 3.05) is 89.9 Å². The number of urea groups is 1. The molecular weight excluding hydrogens is 526 g/mol. The molecule has 6 rings (SSSR count). The van der Waals surface area contributed by atoms with Crippen LogP contribution in [0.5, 0.6) is 0 Å². The molecule has 1 N–H and O–H groups in total. The van der Waals surface area contributed by atoms with Gasteiger partial charge in [-0.2, -0.15) is 5.10 Å². The molecule has 2 aromatic heterocycles. The Morgan fingerprint density at radius 2 is 1.61 bits per heavy atom. The molecule has 0 atom stereocenters. The van der Waals surface area contributed by atoms with Crippen LogP contribution in [0.1, 0.15) is 18.9 Å². The lowest BCUT2D eigenvalue weighted by atomic mass is 10.1. The molecule has 3 amide bonds. The fourth-order valence-corrected chi connectivity index (χ4v) is 5.69. The molecule has 3 aliphatic heterocycles. The van der Waals surface area contributed by atoms with Crippen LogP contribution in [0.25, 0.3) is 22.4 Å². The van der Waals surface area contributed by atoms with Gasteiger partial charge in [0.2, 0.25) is 0 Å². The fraction of sp³-hybridized carbons (Fsp3) is 0.536. The number of ether oxygens (including phenoxy) is 2. The highest BCUT2D eigenvalue weighted by atomic mass is 16.5. The Kier molecular flexibility index (Phi) is 7.88. The van der Waals surface area contributed by atoms with E-state index in [1.165, 1.54) is 7.11 Å². The van der Waals surface area contributed by atoms with Crippen LogP contribution in [0, 0.1) is 0 Å². The maximum atomic E-state index is 13.1. The summed E-state index contributed by atoms with van der Waals surface area (Å²) in [4.78, 5) is 43.2. The summed E-state index contributed by atoms with van der Waals surface area (Å²) in [7, 11) is 3.43. The molecule has 0 saturated carbocycles. The summed E-state index contributed by atoms with van der Waals surface area (Å²) < 4.78 is 12.3. The first-order chi connectivity index (χ1) is 20.0. The van der Waals surface area contributed by atoms with Crippen LogP contribution in [0.15, 0.2) is 30.5 Å². The van der Waals surface area contributed by atoms with Gasteiger partial charge in [0.25, 0.3) is 0 Å². The number of likely N-dealkylation sites (N-methyl/N-ethyl adjacent to an activating group) is 1. The molecule has 13 heteroatoms. The van der Waals surface area contributed by atoms with Crippen molar-refractivity contribution in [3.63, 3.8) is 0 Å². The van der Waals surface area contributed by atoms with Crippen molar-refractivity contribution >= 4 is 34.7 Å². The molecule has 3 saturated heterocycles. The number of amides is 3. The Morgan fingerprint density at radius 1 is 0.927 bits per heavy atom. The monoisotopic (exact) mass is 563 g/mol. The summed E-state index contributed by atoms with van der Waals surface area (Å²) in [5, 5.41) is 8.40. The topological polar surface area (TPSA) is 121 Å². The molecule has 0 bridgehead atoms. The Hall–Kier alpha value is -3.97. The summed E-state index contributed by atoms with van der Waals surface area (Å²) in [6.45, 7) is 7.55. The molecule has 3 aromatic rings. The number of methoxy groups -OCH3 is 1. The van der Waals surface area contributed by atoms with Gasteiger partial charge < -0.3 is 29.1 Å². The quantitative estimate of drug-likeness (QED) is 0.510. The van der Waals surface area contributed by atoms with Crippen molar-refractivity contribution in [2.45, 2.75) is 18.9 Å². The van der Waals surface area contributed by atoms with E-state index in [1.54, 1.807) is 12.1 Å². The van der Waals surface area contributed by atoms with Gasteiger partial charge in [-0.15, -0.1) is 0 Å². The molecule has 3 fully saturated rings. The number of piperazine rings is 1. The number of morpholine rings is 1. The van der Waals surface area contributed by atoms with E-state index in [9.17, 15) is 9.59 Å². The number of fused-ring (bicyclic) bond motifs is 1. The molecule has 13 nitrogen and oxygen atoms in total. The van der Waals surface area contributed by atoms with Gasteiger partial charge in [0, 0.05) is 63.6 Å². The first kappa shape index (κ1) is 27.2. The summed E-state index contributed by atoms with van der Waals surface area (Å²) in [5.41, 5.74) is 2.24. The lowest BCUT2D eigenvalue weighted by molar-refractivity contribution is 0.108. The average molecular weight is 564 g/mol. The van der Waals surface area contributed by atoms with Crippen molar-refractivity contribution in [2.24, 2.45) is 0 Å². The lowest BCUT2D eigenvalue weighted by Crippen LogP contribution is -2.53. The smallest absolute Gasteiger partial charge is 0.411 e. The minimum absolute atomic E-state index is 0.135. The van der Waals surface area contributed by atoms with E-state index in [1.807, 2.05) is 32.8 Å². The van der Waals surface area contributed by atoms with Gasteiger partial charge in [0.1, 0.15) is 5.82 Å². The second-order valence-electron chi connectivity index (χ2n) is 10.8. The minimum atomic E-state index is -0.523. The second kappa shape index (κ2) is 11.9. The summed E-state index contributed by atoms with van der Waals surface area (Å²) in [6, 6.07) is 7.66. The van der Waals surface area contributed by atoms with Crippen LogP contribution < -0.4 is 10.2 Å². The van der Waals surface area contributed by atoms with Crippen molar-refractivity contribution in [3.8, 4) is 11.4 Å². The molecule has 41 heavy (non-hydrogen) atoms. The Balaban J connectivity index is 1.26. The third-order valence-corrected chi connectivity index (χ3v) is 8.17. The number of hydrogen-bond acceptors (Lipinski definition) is 9. The number of benzene rings is 1.